The zero-order chi connectivity index (χ0) is 13.8. The third-order valence-corrected chi connectivity index (χ3v) is 3.24. The summed E-state index contributed by atoms with van der Waals surface area (Å²) in [5, 5.41) is 1.40. The summed E-state index contributed by atoms with van der Waals surface area (Å²) in [7, 11) is 0. The van der Waals surface area contributed by atoms with Crippen molar-refractivity contribution in [2.24, 2.45) is 11.5 Å². The van der Waals surface area contributed by atoms with Crippen LogP contribution in [-0.4, -0.2) is 5.91 Å². The summed E-state index contributed by atoms with van der Waals surface area (Å²) in [5.74, 6) is -0.570. The van der Waals surface area contributed by atoms with Gasteiger partial charge >= 0.3 is 0 Å². The van der Waals surface area contributed by atoms with Crippen LogP contribution in [-0.2, 0) is 4.79 Å². The molecule has 0 aliphatic carbocycles. The second-order valence-corrected chi connectivity index (χ2v) is 4.65. The van der Waals surface area contributed by atoms with E-state index in [1.54, 1.807) is 18.2 Å². The molecule has 100 valence electrons. The van der Waals surface area contributed by atoms with Gasteiger partial charge in [-0.05, 0) is 29.9 Å². The van der Waals surface area contributed by atoms with Gasteiger partial charge in [0.25, 0.3) is 0 Å². The van der Waals surface area contributed by atoms with Gasteiger partial charge in [-0.15, -0.1) is 0 Å². The van der Waals surface area contributed by atoms with Crippen LogP contribution in [0.3, 0.4) is 0 Å². The minimum absolute atomic E-state index is 0.218. The summed E-state index contributed by atoms with van der Waals surface area (Å²) < 4.78 is 13.7. The fourth-order valence-corrected chi connectivity index (χ4v) is 2.26. The largest absolute Gasteiger partial charge is 0.370 e. The molecule has 0 aliphatic heterocycles. The molecule has 0 radical (unpaired) electrons. The lowest BCUT2D eigenvalue weighted by Crippen LogP contribution is -2.14. The lowest BCUT2D eigenvalue weighted by atomic mass is 9.95. The first-order chi connectivity index (χ1) is 9.09. The zero-order valence-corrected chi connectivity index (χ0v) is 10.6. The molecule has 0 aromatic heterocycles. The Balaban J connectivity index is 2.24. The minimum atomic E-state index is -0.323. The zero-order valence-electron chi connectivity index (χ0n) is 10.6. The monoisotopic (exact) mass is 260 g/mol. The van der Waals surface area contributed by atoms with E-state index in [0.29, 0.717) is 24.6 Å². The van der Waals surface area contributed by atoms with Crippen molar-refractivity contribution < 1.29 is 9.18 Å². The molecule has 0 aliphatic rings. The van der Waals surface area contributed by atoms with E-state index in [1.807, 2.05) is 12.1 Å². The highest BCUT2D eigenvalue weighted by molar-refractivity contribution is 5.86. The molecule has 19 heavy (non-hydrogen) atoms. The Morgan fingerprint density at radius 1 is 1.16 bits per heavy atom. The predicted molar refractivity (Wildman–Crippen MR) is 73.9 cm³/mol. The molecule has 0 saturated heterocycles. The number of benzene rings is 2. The molecule has 4 N–H and O–H groups in total. The number of rotatable bonds is 5. The van der Waals surface area contributed by atoms with Gasteiger partial charge in [0.15, 0.2) is 0 Å². The topological polar surface area (TPSA) is 69.1 Å². The van der Waals surface area contributed by atoms with Crippen LogP contribution in [0.15, 0.2) is 36.4 Å². The highest BCUT2D eigenvalue weighted by Crippen LogP contribution is 2.27. The van der Waals surface area contributed by atoms with E-state index in [2.05, 4.69) is 0 Å². The van der Waals surface area contributed by atoms with E-state index in [9.17, 15) is 9.18 Å². The fourth-order valence-electron chi connectivity index (χ4n) is 2.26. The van der Waals surface area contributed by atoms with Crippen LogP contribution in [0.2, 0.25) is 0 Å². The van der Waals surface area contributed by atoms with Gasteiger partial charge in [-0.3, -0.25) is 4.79 Å². The van der Waals surface area contributed by atoms with E-state index >= 15 is 0 Å². The van der Waals surface area contributed by atoms with Crippen molar-refractivity contribution in [3.05, 3.63) is 47.8 Å². The van der Waals surface area contributed by atoms with Crippen LogP contribution < -0.4 is 11.5 Å². The molecule has 0 spiro atoms. The number of primary amides is 1. The standard InChI is InChI=1S/C15H17FN2O/c16-13-9-8-12(10-4-1-2-5-11(10)13)14(17)6-3-7-15(18)19/h1-2,4-5,8-9,14H,3,6-7,17H2,(H2,18,19). The number of amides is 1. The molecule has 0 bridgehead atoms. The highest BCUT2D eigenvalue weighted by Gasteiger charge is 2.12. The van der Waals surface area contributed by atoms with Gasteiger partial charge in [-0.25, -0.2) is 4.39 Å². The Kier molecular flexibility index (Phi) is 4.12. The summed E-state index contributed by atoms with van der Waals surface area (Å²) in [5.41, 5.74) is 12.1. The SMILES string of the molecule is NC(=O)CCCC(N)c1ccc(F)c2ccccc12. The Morgan fingerprint density at radius 2 is 1.84 bits per heavy atom. The van der Waals surface area contributed by atoms with E-state index in [1.165, 1.54) is 6.07 Å². The summed E-state index contributed by atoms with van der Waals surface area (Å²) in [6, 6.07) is 10.2. The maximum Gasteiger partial charge on any atom is 0.217 e. The molecule has 2 rings (SSSR count). The molecule has 0 heterocycles. The third kappa shape index (κ3) is 3.09. The number of carbonyl (C=O) groups is 1. The Hall–Kier alpha value is -1.94. The van der Waals surface area contributed by atoms with Crippen LogP contribution in [0.5, 0.6) is 0 Å². The van der Waals surface area contributed by atoms with Crippen molar-refractivity contribution in [2.45, 2.75) is 25.3 Å². The minimum Gasteiger partial charge on any atom is -0.370 e. The number of nitrogens with two attached hydrogens (primary N) is 2. The Bertz CT molecular complexity index is 598. The van der Waals surface area contributed by atoms with Crippen molar-refractivity contribution in [3.63, 3.8) is 0 Å². The van der Waals surface area contributed by atoms with Crippen LogP contribution >= 0.6 is 0 Å². The normalized spacial score (nSPS) is 12.5. The molecular weight excluding hydrogens is 243 g/mol. The van der Waals surface area contributed by atoms with Crippen LogP contribution in [0.25, 0.3) is 10.8 Å². The predicted octanol–water partition coefficient (Wildman–Crippen LogP) is 2.63. The molecule has 2 aromatic rings. The first-order valence-electron chi connectivity index (χ1n) is 6.30. The van der Waals surface area contributed by atoms with Gasteiger partial charge in [0.2, 0.25) is 5.91 Å². The second-order valence-electron chi connectivity index (χ2n) is 4.65. The molecule has 1 amide bonds. The fraction of sp³-hybridized carbons (Fsp3) is 0.267. The first kappa shape index (κ1) is 13.5. The number of halogens is 1. The third-order valence-electron chi connectivity index (χ3n) is 3.24. The molecule has 1 unspecified atom stereocenters. The van der Waals surface area contributed by atoms with Crippen molar-refractivity contribution in [1.82, 2.24) is 0 Å². The van der Waals surface area contributed by atoms with Gasteiger partial charge in [0.05, 0.1) is 0 Å². The molecule has 4 heteroatoms. The maximum atomic E-state index is 13.7. The lowest BCUT2D eigenvalue weighted by molar-refractivity contribution is -0.118. The van der Waals surface area contributed by atoms with Crippen molar-refractivity contribution >= 4 is 16.7 Å². The van der Waals surface area contributed by atoms with Crippen LogP contribution in [0, 0.1) is 5.82 Å². The van der Waals surface area contributed by atoms with E-state index in [0.717, 1.165) is 10.9 Å². The van der Waals surface area contributed by atoms with E-state index < -0.39 is 0 Å². The number of hydrogen-bond acceptors (Lipinski definition) is 2. The van der Waals surface area contributed by atoms with Crippen LogP contribution in [0.1, 0.15) is 30.9 Å². The summed E-state index contributed by atoms with van der Waals surface area (Å²) in [6.07, 6.45) is 1.62. The molecule has 0 fully saturated rings. The number of hydrogen-bond donors (Lipinski definition) is 2. The van der Waals surface area contributed by atoms with E-state index in [4.69, 9.17) is 11.5 Å². The van der Waals surface area contributed by atoms with Crippen LogP contribution in [0.4, 0.5) is 4.39 Å². The lowest BCUT2D eigenvalue weighted by Gasteiger charge is -2.14. The van der Waals surface area contributed by atoms with Crippen molar-refractivity contribution in [2.75, 3.05) is 0 Å². The highest BCUT2D eigenvalue weighted by atomic mass is 19.1. The second kappa shape index (κ2) is 5.80. The van der Waals surface area contributed by atoms with Crippen molar-refractivity contribution in [3.8, 4) is 0 Å². The number of fused-ring (bicyclic) bond motifs is 1. The summed E-state index contributed by atoms with van der Waals surface area (Å²) in [4.78, 5) is 10.7. The molecule has 1 atom stereocenters. The Labute approximate surface area is 111 Å². The molecule has 0 saturated carbocycles. The van der Waals surface area contributed by atoms with Gasteiger partial charge < -0.3 is 11.5 Å². The number of carbonyl (C=O) groups excluding carboxylic acids is 1. The average molecular weight is 260 g/mol. The first-order valence-corrected chi connectivity index (χ1v) is 6.30. The van der Waals surface area contributed by atoms with Crippen molar-refractivity contribution in [1.29, 1.82) is 0 Å². The van der Waals surface area contributed by atoms with Gasteiger partial charge in [-0.1, -0.05) is 30.3 Å². The van der Waals surface area contributed by atoms with E-state index in [-0.39, 0.29) is 17.8 Å². The molecule has 2 aromatic carbocycles. The van der Waals surface area contributed by atoms with Gasteiger partial charge in [-0.2, -0.15) is 0 Å². The van der Waals surface area contributed by atoms with Gasteiger partial charge in [0.1, 0.15) is 5.82 Å². The maximum absolute atomic E-state index is 13.7. The summed E-state index contributed by atoms with van der Waals surface area (Å²) >= 11 is 0. The quantitative estimate of drug-likeness (QED) is 0.867. The van der Waals surface area contributed by atoms with Gasteiger partial charge in [0, 0.05) is 17.8 Å². The molecule has 3 nitrogen and oxygen atoms in total. The smallest absolute Gasteiger partial charge is 0.217 e. The molecular formula is C15H17FN2O. The Morgan fingerprint density at radius 3 is 2.53 bits per heavy atom. The average Bonchev–Trinajstić information content (AvgIpc) is 2.39. The summed E-state index contributed by atoms with van der Waals surface area (Å²) in [6.45, 7) is 0.